The number of carboxylic acids is 1. The highest BCUT2D eigenvalue weighted by Gasteiger charge is 2.21. The van der Waals surface area contributed by atoms with Gasteiger partial charge >= 0.3 is 5.97 Å². The van der Waals surface area contributed by atoms with Crippen LogP contribution in [0.3, 0.4) is 0 Å². The minimum Gasteiger partial charge on any atom is -0.476 e. The van der Waals surface area contributed by atoms with Crippen LogP contribution in [0.15, 0.2) is 94.5 Å². The Hall–Kier alpha value is -8.76. The van der Waals surface area contributed by atoms with E-state index in [4.69, 9.17) is 14.8 Å². The lowest BCUT2D eigenvalue weighted by atomic mass is 10.1. The number of imidazole rings is 2. The maximum absolute atomic E-state index is 13.2. The number of rotatable bonds is 10. The third-order valence-electron chi connectivity index (χ3n) is 10.5. The van der Waals surface area contributed by atoms with E-state index in [1.165, 1.54) is 23.7 Å². The zero-order valence-corrected chi connectivity index (χ0v) is 38.5. The number of pyridine rings is 2. The lowest BCUT2D eigenvalue weighted by molar-refractivity contribution is 0.0695. The molecule has 10 rings (SSSR count). The topological polar surface area (TPSA) is 277 Å². The van der Waals surface area contributed by atoms with E-state index < -0.39 is 11.9 Å². The maximum Gasteiger partial charge on any atom is 0.365 e. The highest BCUT2D eigenvalue weighted by molar-refractivity contribution is 7.17. The van der Waals surface area contributed by atoms with Gasteiger partial charge in [-0.3, -0.25) is 23.2 Å². The Labute approximate surface area is 407 Å². The molecule has 5 N–H and O–H groups in total. The summed E-state index contributed by atoms with van der Waals surface area (Å²) in [5.41, 5.74) is 14.5. The first kappa shape index (κ1) is 49.2. The number of hydrogen-bond donors (Lipinski definition) is 4. The average Bonchev–Trinajstić information content (AvgIpc) is 4.19. The summed E-state index contributed by atoms with van der Waals surface area (Å²) in [7, 11) is 0. The molecule has 22 heteroatoms. The van der Waals surface area contributed by atoms with Crippen LogP contribution in [-0.2, 0) is 0 Å². The van der Waals surface area contributed by atoms with Crippen LogP contribution >= 0.6 is 22.7 Å². The van der Waals surface area contributed by atoms with Gasteiger partial charge in [0, 0.05) is 59.9 Å². The summed E-state index contributed by atoms with van der Waals surface area (Å²) >= 11 is 2.30. The number of carbonyl (C=O) groups excluding carboxylic acids is 3. The van der Waals surface area contributed by atoms with E-state index in [9.17, 15) is 24.3 Å². The second kappa shape index (κ2) is 19.8. The van der Waals surface area contributed by atoms with Gasteiger partial charge in [0.25, 0.3) is 17.7 Å². The van der Waals surface area contributed by atoms with Crippen molar-refractivity contribution in [3.8, 4) is 43.7 Å². The molecule has 10 aromatic rings. The van der Waals surface area contributed by atoms with Gasteiger partial charge in [0.15, 0.2) is 5.01 Å². The number of carboxylic acid groups (broad SMARTS) is 1. The monoisotopic (exact) mass is 979 g/mol. The number of aromatic carboxylic acids is 1. The molecule has 2 aromatic carbocycles. The number of aryl methyl sites for hydroxylation is 6. The maximum atomic E-state index is 13.2. The molecule has 0 unspecified atom stereocenters. The van der Waals surface area contributed by atoms with Crippen LogP contribution in [0.4, 0.5) is 11.4 Å². The first-order valence-electron chi connectivity index (χ1n) is 20.5. The first-order chi connectivity index (χ1) is 32.6. The summed E-state index contributed by atoms with van der Waals surface area (Å²) in [5.74, 6) is -0.519. The minimum absolute atomic E-state index is 0. The fraction of sp³-hybridized carbons (Fsp3) is 0.167. The van der Waals surface area contributed by atoms with Gasteiger partial charge in [-0.15, -0.1) is 22.7 Å². The molecule has 0 aliphatic carbocycles. The van der Waals surface area contributed by atoms with Crippen LogP contribution in [0, 0.1) is 41.5 Å². The van der Waals surface area contributed by atoms with E-state index in [1.807, 2.05) is 57.2 Å². The van der Waals surface area contributed by atoms with Crippen LogP contribution in [-0.4, -0.2) is 77.8 Å². The highest BCUT2D eigenvalue weighted by Crippen LogP contribution is 2.33. The zero-order valence-electron chi connectivity index (χ0n) is 36.8. The van der Waals surface area contributed by atoms with Crippen molar-refractivity contribution >= 4 is 69.0 Å². The molecule has 0 spiro atoms. The van der Waals surface area contributed by atoms with Gasteiger partial charge in [-0.1, -0.05) is 49.4 Å². The Morgan fingerprint density at radius 3 is 1.37 bits per heavy atom. The van der Waals surface area contributed by atoms with Crippen molar-refractivity contribution in [2.45, 2.75) is 56.4 Å². The van der Waals surface area contributed by atoms with Crippen molar-refractivity contribution in [1.82, 2.24) is 49.0 Å². The van der Waals surface area contributed by atoms with E-state index in [0.29, 0.717) is 74.4 Å². The van der Waals surface area contributed by atoms with Crippen molar-refractivity contribution < 1.29 is 33.3 Å². The third-order valence-corrected chi connectivity index (χ3v) is 12.9. The Morgan fingerprint density at radius 2 is 1.00 bits per heavy atom. The quantitative estimate of drug-likeness (QED) is 0.0993. The Balaban J connectivity index is 0.000000201. The molecule has 8 aromatic heterocycles. The fourth-order valence-electron chi connectivity index (χ4n) is 7.09. The molecule has 0 saturated heterocycles. The number of benzene rings is 2. The van der Waals surface area contributed by atoms with Gasteiger partial charge in [-0.25, -0.2) is 24.7 Å². The number of amides is 3. The predicted octanol–water partition coefficient (Wildman–Crippen LogP) is 9.44. The Kier molecular flexibility index (Phi) is 13.9. The number of carbonyl (C=O) groups is 4. The minimum atomic E-state index is -1.07. The molecule has 0 aliphatic heterocycles. The van der Waals surface area contributed by atoms with Gasteiger partial charge in [-0.2, -0.15) is 9.97 Å². The molecule has 356 valence electrons. The lowest BCUT2D eigenvalue weighted by Gasteiger charge is -2.10. The molecule has 0 saturated carbocycles. The van der Waals surface area contributed by atoms with Crippen LogP contribution in [0.1, 0.15) is 89.7 Å². The van der Waals surface area contributed by atoms with Crippen molar-refractivity contribution in [2.75, 3.05) is 10.6 Å². The van der Waals surface area contributed by atoms with E-state index in [2.05, 4.69) is 50.9 Å². The van der Waals surface area contributed by atoms with Gasteiger partial charge in [0.2, 0.25) is 28.4 Å². The first-order valence-corrected chi connectivity index (χ1v) is 22.1. The summed E-state index contributed by atoms with van der Waals surface area (Å²) in [6.07, 6.45) is 6.57. The summed E-state index contributed by atoms with van der Waals surface area (Å²) in [6, 6.07) is 18.4. The average molecular weight is 980 g/mol. The fourth-order valence-corrected chi connectivity index (χ4v) is 8.89. The molecule has 20 nitrogen and oxygen atoms in total. The summed E-state index contributed by atoms with van der Waals surface area (Å²) in [5, 5.41) is 23.3. The number of nitrogens with one attached hydrogen (secondary N) is 2. The number of fused-ring (bicyclic) bond motifs is 2. The van der Waals surface area contributed by atoms with Crippen LogP contribution < -0.4 is 16.4 Å². The number of nitrogens with zero attached hydrogens (tertiary/aromatic N) is 10. The van der Waals surface area contributed by atoms with Crippen molar-refractivity contribution in [3.05, 3.63) is 141 Å². The SMILES string of the molecule is C.C.Cc1nc(-c2ccc(C)c(NC(=O)c3cnc4ccc(-c5sc(C(=O)O)nc5C)cn34)c2)no1.Cc1nc(-c2ccc(C)c(NC(=O)c3cnc4ccc(-c5sc(C(N)=O)nc5C)cn34)c2)no1. The molecule has 0 radical (unpaired) electrons. The molecule has 0 bridgehead atoms. The zero-order chi connectivity index (χ0) is 48.0. The second-order valence-electron chi connectivity index (χ2n) is 15.4. The standard InChI is InChI=1S/C23H19N7O3S.C23H18N6O4S.2CH4/c1-11-4-5-14(21-27-13(3)33-29-21)8-16(11)28-22(32)17-9-25-18-7-6-15(10-30(17)18)19-12(2)26-23(34-19)20(24)31;1-11-4-5-14(20-26-13(3)33-28-20)8-16(11)27-21(30)17-9-24-18-7-6-15(10-29(17)18)19-12(2)25-22(34-19)23(31)32;;/h4-10H,1-3H3,(H2,24,31)(H,28,32);4-10H,1-3H3,(H,27,30)(H,31,32);2*1H4. The van der Waals surface area contributed by atoms with Gasteiger partial charge < -0.3 is 30.5 Å². The molecule has 3 amide bonds. The van der Waals surface area contributed by atoms with Gasteiger partial charge in [0.05, 0.1) is 33.5 Å². The molecular weight excluding hydrogens is 935 g/mol. The van der Waals surface area contributed by atoms with E-state index in [0.717, 1.165) is 48.9 Å². The normalized spacial score (nSPS) is 10.8. The van der Waals surface area contributed by atoms with Crippen molar-refractivity contribution in [2.24, 2.45) is 5.73 Å². The van der Waals surface area contributed by atoms with Crippen molar-refractivity contribution in [3.63, 3.8) is 0 Å². The summed E-state index contributed by atoms with van der Waals surface area (Å²) < 4.78 is 13.5. The number of thiazole rings is 2. The van der Waals surface area contributed by atoms with Crippen LogP contribution in [0.2, 0.25) is 0 Å². The second-order valence-corrected chi connectivity index (χ2v) is 17.4. The lowest BCUT2D eigenvalue weighted by Crippen LogP contribution is -2.15. The predicted molar refractivity (Wildman–Crippen MR) is 265 cm³/mol. The smallest absolute Gasteiger partial charge is 0.365 e. The third kappa shape index (κ3) is 9.79. The van der Waals surface area contributed by atoms with E-state index in [-0.39, 0.29) is 36.7 Å². The summed E-state index contributed by atoms with van der Waals surface area (Å²) in [6.45, 7) is 10.8. The summed E-state index contributed by atoms with van der Waals surface area (Å²) in [4.78, 5) is 76.2. The Morgan fingerprint density at radius 1 is 0.586 bits per heavy atom. The highest BCUT2D eigenvalue weighted by atomic mass is 32.1. The molecule has 8 heterocycles. The number of primary amides is 1. The largest absolute Gasteiger partial charge is 0.476 e. The van der Waals surface area contributed by atoms with Crippen molar-refractivity contribution in [1.29, 1.82) is 0 Å². The molecule has 0 atom stereocenters. The van der Waals surface area contributed by atoms with E-state index in [1.54, 1.807) is 66.2 Å². The Bertz CT molecular complexity index is 3400. The number of anilines is 2. The van der Waals surface area contributed by atoms with E-state index >= 15 is 0 Å². The van der Waals surface area contributed by atoms with Gasteiger partial charge in [-0.05, 0) is 75.2 Å². The van der Waals surface area contributed by atoms with Crippen LogP contribution in [0.25, 0.3) is 55.0 Å². The molecule has 0 fully saturated rings. The molecular formula is C48H45N13O7S2. The molecule has 0 aliphatic rings. The molecule has 70 heavy (non-hydrogen) atoms. The van der Waals surface area contributed by atoms with Gasteiger partial charge in [0.1, 0.15) is 22.7 Å². The number of aromatic nitrogens is 10. The van der Waals surface area contributed by atoms with Crippen LogP contribution in [0.5, 0.6) is 0 Å². The number of nitrogens with two attached hydrogens (primary N) is 1. The number of hydrogen-bond acceptors (Lipinski definition) is 16.